The molecule has 7 aliphatic carbocycles. The first-order valence-electron chi connectivity index (χ1n) is 35.0. The van der Waals surface area contributed by atoms with Gasteiger partial charge in [0.05, 0.1) is 13.2 Å². The van der Waals surface area contributed by atoms with Gasteiger partial charge in [-0.1, -0.05) is 162 Å². The largest absolute Gasteiger partial charge is 0.381 e. The van der Waals surface area contributed by atoms with Crippen molar-refractivity contribution in [1.82, 2.24) is 0 Å². The van der Waals surface area contributed by atoms with E-state index in [1.54, 1.807) is 0 Å². The second-order valence-corrected chi connectivity index (χ2v) is 32.6. The standard InChI is InChI=1S/C9H16F2.C9H18.C9H16.C8H13F3.C8H14F2.C8H13FO.C8H14O.C8H16O.C7H13FO/c1-6(2)3-7-4-8(10)9(11)5-7;2*1-8(2)7-9-5-3-4-6-9;1-6(2)3-7(9)4-8(10,11)5-7;1-6(2)3-7-4-8(9,10)5-7;1-6(2)3-8(9)4-7(10)5-8;1-6(2)3-7-4-8(9)5-7;1-7(2)5-8-3-4-9-6-8;1-6(2)3-7(8)4-9-5-7/h6-9H,3-5H2,1-2H3;8-9H,3-7H2,1-2H3;3-4,8-9H,5-7H2,1-2H3;6H,3-5H2,1-2H3;6-7H,3-5H2,1-2H3;6H,3-5H2,1-2H3;6-7H,3-5H2,1-2H3;7-8H,3-6H2,1-2H3;6H,3-5H2,1-2H3. The summed E-state index contributed by atoms with van der Waals surface area (Å²) in [5.41, 5.74) is -3.68. The quantitative estimate of drug-likeness (QED) is 0.101. The van der Waals surface area contributed by atoms with Crippen molar-refractivity contribution in [1.29, 1.82) is 0 Å². The van der Waals surface area contributed by atoms with E-state index in [2.05, 4.69) is 95.2 Å². The maximum Gasteiger partial charge on any atom is 0.254 e. The van der Waals surface area contributed by atoms with Crippen molar-refractivity contribution in [3.63, 3.8) is 0 Å². The average Bonchev–Trinajstić information content (AvgIpc) is 3.72. The summed E-state index contributed by atoms with van der Waals surface area (Å²) in [6.45, 7) is 40.9. The normalized spacial score (nSPS) is 25.5. The van der Waals surface area contributed by atoms with Gasteiger partial charge in [-0.3, -0.25) is 9.59 Å². The molecule has 3 unspecified atom stereocenters. The maximum absolute atomic E-state index is 13.2. The maximum atomic E-state index is 13.2. The van der Waals surface area contributed by atoms with Gasteiger partial charge in [-0.25, -0.2) is 39.5 Å². The van der Waals surface area contributed by atoms with Crippen molar-refractivity contribution in [2.45, 2.75) is 333 Å². The van der Waals surface area contributed by atoms with Crippen LogP contribution in [-0.4, -0.2) is 79.2 Å². The molecule has 2 saturated heterocycles. The Kier molecular flexibility index (Phi) is 39.4. The zero-order valence-corrected chi connectivity index (χ0v) is 58.7. The van der Waals surface area contributed by atoms with E-state index in [4.69, 9.17) is 9.47 Å². The van der Waals surface area contributed by atoms with Crippen LogP contribution in [0.2, 0.25) is 0 Å². The molecule has 0 bridgehead atoms. The summed E-state index contributed by atoms with van der Waals surface area (Å²) in [5, 5.41) is 0. The van der Waals surface area contributed by atoms with Gasteiger partial charge >= 0.3 is 0 Å². The van der Waals surface area contributed by atoms with Crippen LogP contribution in [0.4, 0.5) is 39.5 Å². The Labute approximate surface area is 528 Å². The highest BCUT2D eigenvalue weighted by Gasteiger charge is 2.57. The number of ether oxygens (including phenoxy) is 2. The summed E-state index contributed by atoms with van der Waals surface area (Å²) in [6, 6.07) is 0. The Morgan fingerprint density at radius 1 is 0.414 bits per heavy atom. The van der Waals surface area contributed by atoms with Crippen LogP contribution in [0.1, 0.15) is 292 Å². The molecule has 0 aromatic rings. The highest BCUT2D eigenvalue weighted by molar-refractivity contribution is 5.87. The van der Waals surface area contributed by atoms with Gasteiger partial charge in [-0.05, 0) is 179 Å². The predicted octanol–water partition coefficient (Wildman–Crippen LogP) is 23.5. The lowest BCUT2D eigenvalue weighted by atomic mass is 9.73. The highest BCUT2D eigenvalue weighted by Crippen LogP contribution is 2.51. The number of hydrogen-bond donors (Lipinski definition) is 0. The van der Waals surface area contributed by atoms with E-state index in [0.717, 1.165) is 86.2 Å². The van der Waals surface area contributed by atoms with Gasteiger partial charge in [0.15, 0.2) is 5.67 Å². The molecule has 6 saturated carbocycles. The summed E-state index contributed by atoms with van der Waals surface area (Å²) >= 11 is 0. The summed E-state index contributed by atoms with van der Waals surface area (Å²) in [4.78, 5) is 20.9. The summed E-state index contributed by atoms with van der Waals surface area (Å²) in [5.74, 6) is 5.26. The minimum absolute atomic E-state index is 0.0724. The minimum atomic E-state index is -2.73. The van der Waals surface area contributed by atoms with Crippen molar-refractivity contribution in [2.75, 3.05) is 26.4 Å². The lowest BCUT2D eigenvalue weighted by Gasteiger charge is -2.41. The summed E-state index contributed by atoms with van der Waals surface area (Å²) in [6.07, 6.45) is 23.1. The Morgan fingerprint density at radius 2 is 0.793 bits per heavy atom. The van der Waals surface area contributed by atoms with Crippen LogP contribution in [0.5, 0.6) is 0 Å². The Morgan fingerprint density at radius 3 is 1.13 bits per heavy atom. The van der Waals surface area contributed by atoms with Crippen LogP contribution in [-0.2, 0) is 19.1 Å². The van der Waals surface area contributed by atoms with E-state index >= 15 is 0 Å². The molecule has 13 heteroatoms. The fourth-order valence-corrected chi connectivity index (χ4v) is 14.3. The highest BCUT2D eigenvalue weighted by atomic mass is 19.3. The van der Waals surface area contributed by atoms with E-state index in [9.17, 15) is 49.1 Å². The molecule has 4 nitrogen and oxygen atoms in total. The van der Waals surface area contributed by atoms with Crippen molar-refractivity contribution < 1.29 is 58.6 Å². The molecule has 0 aromatic carbocycles. The number of ketones is 2. The van der Waals surface area contributed by atoms with Crippen LogP contribution in [0.15, 0.2) is 12.2 Å². The van der Waals surface area contributed by atoms with Crippen LogP contribution < -0.4 is 0 Å². The Balaban J connectivity index is 0.000000490. The van der Waals surface area contributed by atoms with E-state index < -0.39 is 54.0 Å². The molecule has 0 radical (unpaired) electrons. The lowest BCUT2D eigenvalue weighted by Crippen LogP contribution is -2.49. The van der Waals surface area contributed by atoms with Crippen LogP contribution in [0.3, 0.4) is 0 Å². The number of hydrogen-bond acceptors (Lipinski definition) is 4. The lowest BCUT2D eigenvalue weighted by molar-refractivity contribution is -0.175. The van der Waals surface area contributed by atoms with E-state index in [-0.39, 0.29) is 43.8 Å². The smallest absolute Gasteiger partial charge is 0.254 e. The van der Waals surface area contributed by atoms with Crippen LogP contribution in [0, 0.1) is 88.8 Å². The zero-order valence-electron chi connectivity index (χ0n) is 58.7. The monoisotopic (exact) mass is 1260 g/mol. The number of rotatable bonds is 18. The number of Topliss-reactive ketones (excluding diaryl/α,β-unsaturated/α-hetero) is 2. The molecule has 0 spiro atoms. The first-order valence-corrected chi connectivity index (χ1v) is 35.0. The van der Waals surface area contributed by atoms with Crippen molar-refractivity contribution in [3.05, 3.63) is 12.2 Å². The zero-order chi connectivity index (χ0) is 66.5. The number of halogens is 9. The van der Waals surface area contributed by atoms with Gasteiger partial charge in [0, 0.05) is 64.6 Å². The molecule has 8 fully saturated rings. The van der Waals surface area contributed by atoms with Crippen LogP contribution in [0.25, 0.3) is 0 Å². The Bertz CT molecular complexity index is 1740. The first-order chi connectivity index (χ1) is 40.1. The number of allylic oxidation sites excluding steroid dienone is 2. The van der Waals surface area contributed by atoms with E-state index in [1.807, 2.05) is 41.5 Å². The molecule has 0 aromatic heterocycles. The van der Waals surface area contributed by atoms with Gasteiger partial charge in [-0.2, -0.15) is 0 Å². The third kappa shape index (κ3) is 40.9. The van der Waals surface area contributed by atoms with Crippen molar-refractivity contribution in [2.24, 2.45) is 88.8 Å². The molecule has 0 amide bonds. The second kappa shape index (κ2) is 41.2. The van der Waals surface area contributed by atoms with E-state index in [1.165, 1.54) is 70.6 Å². The van der Waals surface area contributed by atoms with Crippen molar-refractivity contribution >= 4 is 11.6 Å². The van der Waals surface area contributed by atoms with Gasteiger partial charge in [-0.15, -0.1) is 0 Å². The average molecular weight is 1260 g/mol. The van der Waals surface area contributed by atoms with Gasteiger partial charge in [0.1, 0.15) is 35.2 Å². The molecule has 0 N–H and O–H groups in total. The molecule has 87 heavy (non-hydrogen) atoms. The first kappa shape index (κ1) is 83.4. The predicted molar refractivity (Wildman–Crippen MR) is 347 cm³/mol. The van der Waals surface area contributed by atoms with Crippen LogP contribution >= 0.6 is 0 Å². The molecule has 3 atom stereocenters. The molecule has 9 aliphatic rings. The van der Waals surface area contributed by atoms with E-state index in [0.29, 0.717) is 80.2 Å². The second-order valence-electron chi connectivity index (χ2n) is 32.6. The molecule has 516 valence electrons. The van der Waals surface area contributed by atoms with Crippen molar-refractivity contribution in [3.8, 4) is 0 Å². The fourth-order valence-electron chi connectivity index (χ4n) is 14.3. The molecular weight excluding hydrogens is 1120 g/mol. The van der Waals surface area contributed by atoms with Gasteiger partial charge in [0.25, 0.3) is 5.92 Å². The fraction of sp³-hybridized carbons (Fsp3) is 0.946. The summed E-state index contributed by atoms with van der Waals surface area (Å²) < 4.78 is 124. The third-order valence-corrected chi connectivity index (χ3v) is 17.4. The number of carbonyl (C=O) groups is 2. The van der Waals surface area contributed by atoms with Gasteiger partial charge < -0.3 is 9.47 Å². The molecule has 9 rings (SSSR count). The minimum Gasteiger partial charge on any atom is -0.381 e. The SMILES string of the molecule is CC(C)CC1(F)CC(=O)C1.CC(C)CC1(F)CC(F)(F)C1.CC(C)CC1(F)COC1.CC(C)CC1CC(=O)C1.CC(C)CC1CC(F)(F)C1.CC(C)CC1CC(F)C(F)C1.CC(C)CC1CC=CC1.CC(C)CC1CCCC1.CC(C)CC1CCOC1. The molecule has 2 heterocycles. The Hall–Kier alpha value is -1.63. The number of carbonyl (C=O) groups excluding carboxylic acids is 2. The summed E-state index contributed by atoms with van der Waals surface area (Å²) in [7, 11) is 0. The number of alkyl halides is 9. The van der Waals surface area contributed by atoms with Gasteiger partial charge in [0.2, 0.25) is 5.92 Å². The molecule has 2 aliphatic heterocycles. The topological polar surface area (TPSA) is 52.6 Å². The molecular formula is C74H133F9O4. The third-order valence-electron chi connectivity index (χ3n) is 17.4.